The van der Waals surface area contributed by atoms with Crippen LogP contribution in [0.5, 0.6) is 0 Å². The van der Waals surface area contributed by atoms with Gasteiger partial charge in [-0.15, -0.1) is 5.10 Å². The van der Waals surface area contributed by atoms with Crippen molar-refractivity contribution in [1.29, 1.82) is 0 Å². The molecule has 0 aliphatic rings. The summed E-state index contributed by atoms with van der Waals surface area (Å²) < 4.78 is 1.75. The molecular formula is C9H12N5O+. The predicted octanol–water partition coefficient (Wildman–Crippen LogP) is -1.35. The van der Waals surface area contributed by atoms with Gasteiger partial charge in [0.2, 0.25) is 0 Å². The number of rotatable bonds is 3. The molecule has 1 heterocycles. The van der Waals surface area contributed by atoms with Crippen molar-refractivity contribution >= 4 is 16.9 Å². The summed E-state index contributed by atoms with van der Waals surface area (Å²) in [5.41, 5.74) is 7.24. The van der Waals surface area contributed by atoms with Gasteiger partial charge in [-0.1, -0.05) is 22.5 Å². The Morgan fingerprint density at radius 3 is 3.07 bits per heavy atom. The number of nitrogens with two attached hydrogens (primary N) is 1. The molecule has 1 aromatic heterocycles. The fraction of sp³-hybridized carbons (Fsp3) is 0.222. The Bertz CT molecular complexity index is 490. The van der Waals surface area contributed by atoms with Crippen molar-refractivity contribution in [2.24, 2.45) is 5.73 Å². The van der Waals surface area contributed by atoms with Crippen LogP contribution >= 0.6 is 0 Å². The van der Waals surface area contributed by atoms with E-state index in [9.17, 15) is 0 Å². The lowest BCUT2D eigenvalue weighted by molar-refractivity contribution is -0.739. The van der Waals surface area contributed by atoms with Crippen LogP contribution in [0.3, 0.4) is 0 Å². The van der Waals surface area contributed by atoms with E-state index in [1.54, 1.807) is 4.68 Å². The minimum atomic E-state index is 0.314. The van der Waals surface area contributed by atoms with E-state index in [1.807, 2.05) is 29.4 Å². The molecule has 0 radical (unpaired) electrons. The third kappa shape index (κ3) is 1.88. The second-order valence-corrected chi connectivity index (χ2v) is 3.19. The molecule has 0 spiro atoms. The molecule has 0 fully saturated rings. The maximum Gasteiger partial charge on any atom is 0.280 e. The highest BCUT2D eigenvalue weighted by atomic mass is 16.4. The summed E-state index contributed by atoms with van der Waals surface area (Å²) in [6, 6.07) is 7.69. The summed E-state index contributed by atoms with van der Waals surface area (Å²) >= 11 is 0. The average molecular weight is 206 g/mol. The number of nitrogens with zero attached hydrogens (tertiary/aromatic N) is 3. The highest BCUT2D eigenvalue weighted by Crippen LogP contribution is 2.09. The van der Waals surface area contributed by atoms with Crippen molar-refractivity contribution in [3.63, 3.8) is 0 Å². The molecule has 0 unspecified atom stereocenters. The van der Waals surface area contributed by atoms with Gasteiger partial charge in [0.25, 0.3) is 5.84 Å². The van der Waals surface area contributed by atoms with Gasteiger partial charge in [-0.05, 0) is 12.1 Å². The molecule has 2 rings (SSSR count). The Hall–Kier alpha value is -2.11. The smallest absolute Gasteiger partial charge is 0.280 e. The first-order valence-electron chi connectivity index (χ1n) is 4.61. The molecule has 0 aliphatic carbocycles. The number of fused-ring (bicyclic) bond motifs is 1. The Labute approximate surface area is 86.0 Å². The summed E-state index contributed by atoms with van der Waals surface area (Å²) in [4.78, 5) is 0. The van der Waals surface area contributed by atoms with Gasteiger partial charge in [-0.25, -0.2) is 4.68 Å². The minimum absolute atomic E-state index is 0.314. The largest absolute Gasteiger partial charge is 0.357 e. The monoisotopic (exact) mass is 206 g/mol. The van der Waals surface area contributed by atoms with E-state index < -0.39 is 0 Å². The molecule has 2 aromatic rings. The number of amidine groups is 1. The molecule has 0 amide bonds. The zero-order valence-corrected chi connectivity index (χ0v) is 8.09. The van der Waals surface area contributed by atoms with E-state index in [0.717, 1.165) is 11.0 Å². The lowest BCUT2D eigenvalue weighted by atomic mass is 10.3. The zero-order valence-electron chi connectivity index (χ0n) is 8.09. The lowest BCUT2D eigenvalue weighted by Gasteiger charge is -1.98. The van der Waals surface area contributed by atoms with Crippen LogP contribution in [0.25, 0.3) is 11.0 Å². The van der Waals surface area contributed by atoms with Gasteiger partial charge < -0.3 is 5.21 Å². The number of benzene rings is 1. The first kappa shape index (κ1) is 9.45. The van der Waals surface area contributed by atoms with Crippen LogP contribution in [-0.4, -0.2) is 26.0 Å². The van der Waals surface area contributed by atoms with Gasteiger partial charge in [-0.2, -0.15) is 0 Å². The van der Waals surface area contributed by atoms with E-state index in [1.165, 1.54) is 0 Å². The molecule has 0 aliphatic heterocycles. The maximum absolute atomic E-state index is 8.52. The van der Waals surface area contributed by atoms with E-state index in [2.05, 4.69) is 10.3 Å². The van der Waals surface area contributed by atoms with Crippen LogP contribution in [0, 0.1) is 0 Å². The Morgan fingerprint density at radius 2 is 2.27 bits per heavy atom. The van der Waals surface area contributed by atoms with Crippen LogP contribution < -0.4 is 10.9 Å². The maximum atomic E-state index is 8.52. The molecular weight excluding hydrogens is 194 g/mol. The second-order valence-electron chi connectivity index (χ2n) is 3.19. The molecule has 0 atom stereocenters. The van der Waals surface area contributed by atoms with E-state index in [0.29, 0.717) is 18.8 Å². The number of hydrogen-bond acceptors (Lipinski definition) is 3. The Morgan fingerprint density at radius 1 is 1.47 bits per heavy atom. The van der Waals surface area contributed by atoms with Crippen molar-refractivity contribution in [2.45, 2.75) is 13.0 Å². The fourth-order valence-corrected chi connectivity index (χ4v) is 1.36. The molecule has 1 aromatic carbocycles. The normalized spacial score (nSPS) is 12.1. The number of nitrogens with one attached hydrogen (secondary N) is 1. The Kier molecular flexibility index (Phi) is 2.49. The van der Waals surface area contributed by atoms with Gasteiger partial charge in [0.1, 0.15) is 5.52 Å². The van der Waals surface area contributed by atoms with Crippen LogP contribution in [-0.2, 0) is 6.54 Å². The third-order valence-electron chi connectivity index (χ3n) is 2.16. The first-order chi connectivity index (χ1) is 7.31. The van der Waals surface area contributed by atoms with E-state index >= 15 is 0 Å². The van der Waals surface area contributed by atoms with Crippen LogP contribution in [0.1, 0.15) is 6.42 Å². The SMILES string of the molecule is NC(CCn1nnc2ccccc21)=[NH+]O. The van der Waals surface area contributed by atoms with Crippen LogP contribution in [0.2, 0.25) is 0 Å². The molecule has 6 heteroatoms. The molecule has 15 heavy (non-hydrogen) atoms. The second kappa shape index (κ2) is 3.95. The molecule has 78 valence electrons. The molecule has 0 bridgehead atoms. The zero-order chi connectivity index (χ0) is 10.7. The highest BCUT2D eigenvalue weighted by molar-refractivity contribution is 5.75. The molecule has 0 saturated carbocycles. The quantitative estimate of drug-likeness (QED) is 0.250. The van der Waals surface area contributed by atoms with Crippen LogP contribution in [0.15, 0.2) is 24.3 Å². The summed E-state index contributed by atoms with van der Waals surface area (Å²) in [5, 5.41) is 18.4. The van der Waals surface area contributed by atoms with Crippen molar-refractivity contribution in [2.75, 3.05) is 0 Å². The first-order valence-corrected chi connectivity index (χ1v) is 4.61. The summed E-state index contributed by atoms with van der Waals surface area (Å²) in [7, 11) is 0. The lowest BCUT2D eigenvalue weighted by Crippen LogP contribution is -2.71. The third-order valence-corrected chi connectivity index (χ3v) is 2.16. The number of aromatic nitrogens is 3. The van der Waals surface area contributed by atoms with Crippen molar-refractivity contribution in [3.8, 4) is 0 Å². The van der Waals surface area contributed by atoms with Gasteiger partial charge in [-0.3, -0.25) is 5.73 Å². The molecule has 6 nitrogen and oxygen atoms in total. The van der Waals surface area contributed by atoms with Gasteiger partial charge in [0.15, 0.2) is 0 Å². The van der Waals surface area contributed by atoms with Gasteiger partial charge in [0.05, 0.1) is 18.5 Å². The van der Waals surface area contributed by atoms with E-state index in [4.69, 9.17) is 10.9 Å². The molecule has 0 saturated heterocycles. The standard InChI is InChI=1S/C9H11N5O/c10-9(12-15)5-6-14-8-4-2-1-3-7(8)11-13-14/h1-4,15H,5-6H2,(H2,10,12)/p+1. The minimum Gasteiger partial charge on any atom is -0.357 e. The highest BCUT2D eigenvalue weighted by Gasteiger charge is 2.05. The van der Waals surface area contributed by atoms with Crippen molar-refractivity contribution in [3.05, 3.63) is 24.3 Å². The number of aryl methyl sites for hydroxylation is 1. The van der Waals surface area contributed by atoms with E-state index in [-0.39, 0.29) is 0 Å². The average Bonchev–Trinajstić information content (AvgIpc) is 2.69. The molecule has 4 N–H and O–H groups in total. The summed E-state index contributed by atoms with van der Waals surface area (Å²) in [6.45, 7) is 0.583. The van der Waals surface area contributed by atoms with Crippen molar-refractivity contribution in [1.82, 2.24) is 15.0 Å². The predicted molar refractivity (Wildman–Crippen MR) is 54.1 cm³/mol. The number of hydrogen-bond donors (Lipinski definition) is 3. The Balaban J connectivity index is 2.22. The topological polar surface area (TPSA) is 90.9 Å². The van der Waals surface area contributed by atoms with Crippen LogP contribution in [0.4, 0.5) is 0 Å². The summed E-state index contributed by atoms with van der Waals surface area (Å²) in [5.74, 6) is 0.314. The summed E-state index contributed by atoms with van der Waals surface area (Å²) in [6.07, 6.45) is 0.504. The van der Waals surface area contributed by atoms with Gasteiger partial charge >= 0.3 is 0 Å². The number of para-hydroxylation sites is 1. The van der Waals surface area contributed by atoms with Gasteiger partial charge in [0, 0.05) is 0 Å². The van der Waals surface area contributed by atoms with Crippen molar-refractivity contribution < 1.29 is 10.4 Å². The fourth-order valence-electron chi connectivity index (χ4n) is 1.36.